The lowest BCUT2D eigenvalue weighted by Gasteiger charge is -2.36. The minimum Gasteiger partial charge on any atom is -0.489 e. The van der Waals surface area contributed by atoms with Gasteiger partial charge in [0.25, 0.3) is 5.91 Å². The van der Waals surface area contributed by atoms with E-state index >= 15 is 0 Å². The predicted molar refractivity (Wildman–Crippen MR) is 146 cm³/mol. The number of fused-ring (bicyclic) bond motifs is 1. The molecule has 0 spiro atoms. The average Bonchev–Trinajstić information content (AvgIpc) is 3.38. The van der Waals surface area contributed by atoms with Crippen LogP contribution in [0.15, 0.2) is 61.1 Å². The first-order chi connectivity index (χ1) is 18.8. The fraction of sp³-hybridized carbons (Fsp3) is 0.286. The summed E-state index contributed by atoms with van der Waals surface area (Å²) in [4.78, 5) is 21.2. The molecule has 1 aromatic carbocycles. The van der Waals surface area contributed by atoms with Gasteiger partial charge in [-0.25, -0.2) is 9.50 Å². The zero-order chi connectivity index (χ0) is 27.5. The Labute approximate surface area is 230 Å². The van der Waals surface area contributed by atoms with Crippen LogP contribution in [0.2, 0.25) is 5.02 Å². The maximum absolute atomic E-state index is 12.8. The van der Waals surface area contributed by atoms with Crippen molar-refractivity contribution in [1.29, 1.82) is 5.26 Å². The van der Waals surface area contributed by atoms with E-state index in [0.29, 0.717) is 53.6 Å². The molecular formula is C28H27ClN6O4. The van der Waals surface area contributed by atoms with Crippen LogP contribution in [0.5, 0.6) is 5.75 Å². The van der Waals surface area contributed by atoms with Crippen LogP contribution in [0, 0.1) is 11.3 Å². The summed E-state index contributed by atoms with van der Waals surface area (Å²) in [6.07, 6.45) is 3.05. The number of ether oxygens (including phenoxy) is 1. The second kappa shape index (κ2) is 11.3. The maximum Gasteiger partial charge on any atom is 0.256 e. The Bertz CT molecular complexity index is 1510. The van der Waals surface area contributed by atoms with E-state index in [9.17, 15) is 20.3 Å². The highest BCUT2D eigenvalue weighted by molar-refractivity contribution is 6.30. The number of rotatable bonds is 7. The van der Waals surface area contributed by atoms with Crippen molar-refractivity contribution in [2.75, 3.05) is 37.7 Å². The molecule has 3 aromatic heterocycles. The van der Waals surface area contributed by atoms with Crippen molar-refractivity contribution >= 4 is 28.8 Å². The number of hydrogen-bond donors (Lipinski definition) is 2. The first-order valence-corrected chi connectivity index (χ1v) is 12.9. The first-order valence-electron chi connectivity index (χ1n) is 12.5. The highest BCUT2D eigenvalue weighted by Crippen LogP contribution is 2.31. The molecular weight excluding hydrogens is 520 g/mol. The number of aliphatic hydroxyl groups is 2. The summed E-state index contributed by atoms with van der Waals surface area (Å²) in [5.74, 6) is 0.934. The topological polar surface area (TPSA) is 127 Å². The Morgan fingerprint density at radius 1 is 1.13 bits per heavy atom. The van der Waals surface area contributed by atoms with E-state index in [1.165, 1.54) is 6.20 Å². The Morgan fingerprint density at radius 2 is 1.87 bits per heavy atom. The third-order valence-electron chi connectivity index (χ3n) is 6.59. The van der Waals surface area contributed by atoms with E-state index in [4.69, 9.17) is 16.3 Å². The molecule has 4 heterocycles. The van der Waals surface area contributed by atoms with Crippen molar-refractivity contribution in [3.8, 4) is 22.9 Å². The summed E-state index contributed by atoms with van der Waals surface area (Å²) in [5.41, 5.74) is 3.10. The van der Waals surface area contributed by atoms with Crippen LogP contribution in [0.1, 0.15) is 24.2 Å². The molecule has 4 aromatic rings. The van der Waals surface area contributed by atoms with Crippen molar-refractivity contribution in [1.82, 2.24) is 19.5 Å². The number of pyridine rings is 2. The van der Waals surface area contributed by atoms with Crippen LogP contribution in [-0.2, 0) is 4.79 Å². The minimum atomic E-state index is -1.23. The van der Waals surface area contributed by atoms with E-state index in [1.54, 1.807) is 53.0 Å². The number of carbonyl (C=O) groups is 1. The third-order valence-corrected chi connectivity index (χ3v) is 6.84. The van der Waals surface area contributed by atoms with Crippen molar-refractivity contribution in [2.24, 2.45) is 0 Å². The molecule has 1 saturated heterocycles. The van der Waals surface area contributed by atoms with Crippen LogP contribution in [-0.4, -0.2) is 74.5 Å². The van der Waals surface area contributed by atoms with Crippen molar-refractivity contribution in [3.63, 3.8) is 0 Å². The molecule has 10 nitrogen and oxygen atoms in total. The van der Waals surface area contributed by atoms with Gasteiger partial charge in [0.05, 0.1) is 29.6 Å². The molecule has 2 N–H and O–H groups in total. The number of aromatic nitrogens is 3. The number of nitriles is 1. The zero-order valence-electron chi connectivity index (χ0n) is 21.2. The van der Waals surface area contributed by atoms with Gasteiger partial charge in [0.2, 0.25) is 0 Å². The predicted octanol–water partition coefficient (Wildman–Crippen LogP) is 3.06. The fourth-order valence-electron chi connectivity index (χ4n) is 4.54. The van der Waals surface area contributed by atoms with Gasteiger partial charge in [-0.3, -0.25) is 4.79 Å². The number of aliphatic hydroxyl groups excluding tert-OH is 2. The van der Waals surface area contributed by atoms with Crippen molar-refractivity contribution < 1.29 is 19.7 Å². The standard InChI is InChI=1S/C28H27ClN6O4/c1-18(36)17-39-23-12-24(26-21(13-30)15-32-35(26)16-23)20-4-7-25(31-14-20)33-8-10-34(11-9-33)28(38)27(37)19-2-5-22(29)6-3-19/h2-7,12,14-16,18,27,36-37H,8-11,17H2,1H3. The summed E-state index contributed by atoms with van der Waals surface area (Å²) in [6.45, 7) is 3.81. The number of amides is 1. The van der Waals surface area contributed by atoms with Gasteiger partial charge in [0.15, 0.2) is 6.10 Å². The van der Waals surface area contributed by atoms with Gasteiger partial charge in [-0.2, -0.15) is 10.4 Å². The molecule has 5 rings (SSSR count). The molecule has 0 saturated carbocycles. The molecule has 1 aliphatic heterocycles. The smallest absolute Gasteiger partial charge is 0.256 e. The number of halogens is 1. The largest absolute Gasteiger partial charge is 0.489 e. The van der Waals surface area contributed by atoms with Crippen LogP contribution in [0.3, 0.4) is 0 Å². The van der Waals surface area contributed by atoms with E-state index < -0.39 is 12.2 Å². The molecule has 2 atom stereocenters. The molecule has 39 heavy (non-hydrogen) atoms. The number of carbonyl (C=O) groups excluding carboxylic acids is 1. The lowest BCUT2D eigenvalue weighted by atomic mass is 10.1. The summed E-state index contributed by atoms with van der Waals surface area (Å²) >= 11 is 5.91. The van der Waals surface area contributed by atoms with Gasteiger partial charge in [-0.05, 0) is 42.8 Å². The van der Waals surface area contributed by atoms with Crippen LogP contribution < -0.4 is 9.64 Å². The normalized spacial score (nSPS) is 15.2. The van der Waals surface area contributed by atoms with E-state index in [2.05, 4.69) is 21.1 Å². The molecule has 200 valence electrons. The maximum atomic E-state index is 12.8. The van der Waals surface area contributed by atoms with Crippen LogP contribution >= 0.6 is 11.6 Å². The summed E-state index contributed by atoms with van der Waals surface area (Å²) in [7, 11) is 0. The molecule has 1 aliphatic rings. The Kier molecular flexibility index (Phi) is 7.65. The molecule has 0 aliphatic carbocycles. The monoisotopic (exact) mass is 546 g/mol. The van der Waals surface area contributed by atoms with E-state index in [0.717, 1.165) is 16.9 Å². The number of hydrogen-bond acceptors (Lipinski definition) is 8. The lowest BCUT2D eigenvalue weighted by Crippen LogP contribution is -2.50. The number of piperazine rings is 1. The van der Waals surface area contributed by atoms with E-state index in [1.807, 2.05) is 18.2 Å². The number of benzene rings is 1. The van der Waals surface area contributed by atoms with Gasteiger partial charge >= 0.3 is 0 Å². The van der Waals surface area contributed by atoms with Gasteiger partial charge in [0.1, 0.15) is 24.2 Å². The SMILES string of the molecule is CC(O)COc1cc(-c2ccc(N3CCN(C(=O)C(O)c4ccc(Cl)cc4)CC3)nc2)c2c(C#N)cnn2c1. The minimum absolute atomic E-state index is 0.125. The Balaban J connectivity index is 1.30. The Hall–Kier alpha value is -4.17. The third kappa shape index (κ3) is 5.66. The molecule has 1 fully saturated rings. The number of anilines is 1. The van der Waals surface area contributed by atoms with Gasteiger partial charge < -0.3 is 24.7 Å². The van der Waals surface area contributed by atoms with Gasteiger partial charge in [-0.1, -0.05) is 23.7 Å². The summed E-state index contributed by atoms with van der Waals surface area (Å²) < 4.78 is 7.29. The molecule has 11 heteroatoms. The summed E-state index contributed by atoms with van der Waals surface area (Å²) in [6, 6.07) is 14.4. The molecule has 0 bridgehead atoms. The van der Waals surface area contributed by atoms with Gasteiger partial charge in [0, 0.05) is 48.5 Å². The Morgan fingerprint density at radius 3 is 2.51 bits per heavy atom. The highest BCUT2D eigenvalue weighted by atomic mass is 35.5. The fourth-order valence-corrected chi connectivity index (χ4v) is 4.67. The summed E-state index contributed by atoms with van der Waals surface area (Å²) in [5, 5.41) is 34.5. The van der Waals surface area contributed by atoms with Crippen molar-refractivity contribution in [2.45, 2.75) is 19.1 Å². The molecule has 1 amide bonds. The lowest BCUT2D eigenvalue weighted by molar-refractivity contribution is -0.140. The average molecular weight is 547 g/mol. The zero-order valence-corrected chi connectivity index (χ0v) is 22.0. The van der Waals surface area contributed by atoms with Crippen LogP contribution in [0.25, 0.3) is 16.6 Å². The van der Waals surface area contributed by atoms with Gasteiger partial charge in [-0.15, -0.1) is 0 Å². The molecule has 2 unspecified atom stereocenters. The van der Waals surface area contributed by atoms with Crippen LogP contribution in [0.4, 0.5) is 5.82 Å². The second-order valence-electron chi connectivity index (χ2n) is 9.38. The second-order valence-corrected chi connectivity index (χ2v) is 9.82. The molecule has 0 radical (unpaired) electrons. The highest BCUT2D eigenvalue weighted by Gasteiger charge is 2.27. The van der Waals surface area contributed by atoms with E-state index in [-0.39, 0.29) is 12.5 Å². The number of nitrogens with zero attached hydrogens (tertiary/aromatic N) is 6. The quantitative estimate of drug-likeness (QED) is 0.362. The van der Waals surface area contributed by atoms with Crippen molar-refractivity contribution in [3.05, 3.63) is 77.2 Å². The first kappa shape index (κ1) is 26.4.